The summed E-state index contributed by atoms with van der Waals surface area (Å²) in [5.41, 5.74) is 7.04. The van der Waals surface area contributed by atoms with Gasteiger partial charge in [-0.1, -0.05) is 12.1 Å². The second-order valence-electron chi connectivity index (χ2n) is 5.28. The molecule has 0 fully saturated rings. The standard InChI is InChI=1S/C18H14N4S/c1-12-17(8-20)18(15-5-3-14(7-19)4-6-15)13(2)22(12)10-16-9-21-11-23-16/h3-6,9,11H,10H2,1-2H3. The van der Waals surface area contributed by atoms with Gasteiger partial charge < -0.3 is 4.57 Å². The van der Waals surface area contributed by atoms with Crippen LogP contribution < -0.4 is 0 Å². The van der Waals surface area contributed by atoms with Crippen molar-refractivity contribution in [2.75, 3.05) is 0 Å². The molecule has 4 nitrogen and oxygen atoms in total. The second kappa shape index (κ2) is 6.08. The molecule has 0 unspecified atom stereocenters. The Morgan fingerprint density at radius 1 is 1.09 bits per heavy atom. The lowest BCUT2D eigenvalue weighted by Crippen LogP contribution is -2.02. The number of aromatic nitrogens is 2. The van der Waals surface area contributed by atoms with Crippen LogP contribution in [-0.4, -0.2) is 9.55 Å². The molecule has 0 aliphatic rings. The highest BCUT2D eigenvalue weighted by Gasteiger charge is 2.19. The Kier molecular flexibility index (Phi) is 3.97. The van der Waals surface area contributed by atoms with Crippen molar-refractivity contribution in [2.24, 2.45) is 0 Å². The van der Waals surface area contributed by atoms with Crippen LogP contribution >= 0.6 is 11.3 Å². The van der Waals surface area contributed by atoms with E-state index in [0.29, 0.717) is 17.7 Å². The highest BCUT2D eigenvalue weighted by Crippen LogP contribution is 2.32. The zero-order valence-corrected chi connectivity index (χ0v) is 13.7. The molecule has 0 aliphatic carbocycles. The van der Waals surface area contributed by atoms with Gasteiger partial charge in [-0.15, -0.1) is 11.3 Å². The first-order chi connectivity index (χ1) is 11.2. The second-order valence-corrected chi connectivity index (χ2v) is 6.25. The third-order valence-electron chi connectivity index (χ3n) is 4.00. The van der Waals surface area contributed by atoms with Crippen LogP contribution in [-0.2, 0) is 6.54 Å². The largest absolute Gasteiger partial charge is 0.342 e. The molecule has 5 heteroatoms. The minimum absolute atomic E-state index is 0.616. The summed E-state index contributed by atoms with van der Waals surface area (Å²) in [6, 6.07) is 11.8. The summed E-state index contributed by atoms with van der Waals surface area (Å²) < 4.78 is 2.15. The van der Waals surface area contributed by atoms with Gasteiger partial charge in [0.05, 0.1) is 29.3 Å². The van der Waals surface area contributed by atoms with E-state index in [1.807, 2.05) is 37.7 Å². The quantitative estimate of drug-likeness (QED) is 0.732. The Bertz CT molecular complexity index is 920. The molecule has 0 atom stereocenters. The predicted molar refractivity (Wildman–Crippen MR) is 90.0 cm³/mol. The maximum Gasteiger partial charge on any atom is 0.102 e. The average Bonchev–Trinajstić information content (AvgIpc) is 3.17. The highest BCUT2D eigenvalue weighted by molar-refractivity contribution is 7.09. The Morgan fingerprint density at radius 2 is 1.83 bits per heavy atom. The van der Waals surface area contributed by atoms with E-state index in [1.165, 1.54) is 0 Å². The van der Waals surface area contributed by atoms with Gasteiger partial charge in [0.2, 0.25) is 0 Å². The van der Waals surface area contributed by atoms with Gasteiger partial charge in [-0.3, -0.25) is 4.98 Å². The van der Waals surface area contributed by atoms with Crippen LogP contribution in [0.15, 0.2) is 36.0 Å². The number of nitrogens with zero attached hydrogens (tertiary/aromatic N) is 4. The normalized spacial score (nSPS) is 10.3. The molecule has 1 aromatic carbocycles. The van der Waals surface area contributed by atoms with Gasteiger partial charge >= 0.3 is 0 Å². The van der Waals surface area contributed by atoms with Crippen LogP contribution in [0.25, 0.3) is 11.1 Å². The molecule has 0 aliphatic heterocycles. The Hall–Kier alpha value is -2.89. The fourth-order valence-electron chi connectivity index (χ4n) is 2.80. The molecule has 0 saturated heterocycles. The maximum atomic E-state index is 9.60. The van der Waals surface area contributed by atoms with Crippen LogP contribution in [0.2, 0.25) is 0 Å². The molecule has 0 radical (unpaired) electrons. The number of thiazole rings is 1. The van der Waals surface area contributed by atoms with E-state index in [9.17, 15) is 5.26 Å². The molecule has 0 saturated carbocycles. The molecule has 3 rings (SSSR count). The summed E-state index contributed by atoms with van der Waals surface area (Å²) in [7, 11) is 0. The van der Waals surface area contributed by atoms with E-state index in [1.54, 1.807) is 23.5 Å². The van der Waals surface area contributed by atoms with Crippen molar-refractivity contribution in [3.05, 3.63) is 63.4 Å². The third kappa shape index (κ3) is 2.63. The van der Waals surface area contributed by atoms with Crippen molar-refractivity contribution in [3.63, 3.8) is 0 Å². The van der Waals surface area contributed by atoms with Gasteiger partial charge in [0.15, 0.2) is 0 Å². The number of hydrogen-bond acceptors (Lipinski definition) is 4. The molecule has 23 heavy (non-hydrogen) atoms. The first kappa shape index (κ1) is 15.0. The van der Waals surface area contributed by atoms with Crippen molar-refractivity contribution in [3.8, 4) is 23.3 Å². The van der Waals surface area contributed by atoms with Gasteiger partial charge in [0, 0.05) is 28.0 Å². The van der Waals surface area contributed by atoms with E-state index < -0.39 is 0 Å². The smallest absolute Gasteiger partial charge is 0.102 e. The topological polar surface area (TPSA) is 65.4 Å². The van der Waals surface area contributed by atoms with E-state index in [-0.39, 0.29) is 0 Å². The molecule has 0 bridgehead atoms. The Balaban J connectivity index is 2.13. The lowest BCUT2D eigenvalue weighted by molar-refractivity contribution is 0.758. The summed E-state index contributed by atoms with van der Waals surface area (Å²) in [6.45, 7) is 4.72. The summed E-state index contributed by atoms with van der Waals surface area (Å²) in [5, 5.41) is 18.5. The van der Waals surface area contributed by atoms with E-state index in [0.717, 1.165) is 27.4 Å². The minimum Gasteiger partial charge on any atom is -0.342 e. The molecule has 2 heterocycles. The van der Waals surface area contributed by atoms with Crippen molar-refractivity contribution < 1.29 is 0 Å². The Labute approximate surface area is 138 Å². The van der Waals surface area contributed by atoms with E-state index in [2.05, 4.69) is 21.7 Å². The highest BCUT2D eigenvalue weighted by atomic mass is 32.1. The van der Waals surface area contributed by atoms with Crippen LogP contribution in [0.1, 0.15) is 27.4 Å². The van der Waals surface area contributed by atoms with Crippen LogP contribution in [0.5, 0.6) is 0 Å². The van der Waals surface area contributed by atoms with Crippen molar-refractivity contribution >= 4 is 11.3 Å². The molecule has 0 spiro atoms. The lowest BCUT2D eigenvalue weighted by atomic mass is 10.0. The number of benzene rings is 1. The fraction of sp³-hybridized carbons (Fsp3) is 0.167. The molecule has 112 valence electrons. The zero-order valence-electron chi connectivity index (χ0n) is 12.9. The molecular weight excluding hydrogens is 304 g/mol. The summed E-state index contributed by atoms with van der Waals surface area (Å²) >= 11 is 1.61. The van der Waals surface area contributed by atoms with E-state index in [4.69, 9.17) is 5.26 Å². The van der Waals surface area contributed by atoms with Crippen molar-refractivity contribution in [2.45, 2.75) is 20.4 Å². The molecular formula is C18H14N4S. The first-order valence-corrected chi connectivity index (χ1v) is 8.01. The SMILES string of the molecule is Cc1c(C#N)c(-c2ccc(C#N)cc2)c(C)n1Cc1cncs1. The van der Waals surface area contributed by atoms with Crippen LogP contribution in [0, 0.1) is 36.5 Å². The fourth-order valence-corrected chi connectivity index (χ4v) is 3.38. The lowest BCUT2D eigenvalue weighted by Gasteiger charge is -2.08. The van der Waals surface area contributed by atoms with Crippen LogP contribution in [0.4, 0.5) is 0 Å². The van der Waals surface area contributed by atoms with Gasteiger partial charge in [-0.05, 0) is 31.5 Å². The molecule has 0 amide bonds. The minimum atomic E-state index is 0.616. The van der Waals surface area contributed by atoms with Crippen molar-refractivity contribution in [1.82, 2.24) is 9.55 Å². The third-order valence-corrected chi connectivity index (χ3v) is 4.76. The predicted octanol–water partition coefficient (Wildman–Crippen LogP) is 4.02. The number of nitriles is 2. The number of rotatable bonds is 3. The Morgan fingerprint density at radius 3 is 2.39 bits per heavy atom. The zero-order chi connectivity index (χ0) is 16.4. The monoisotopic (exact) mass is 318 g/mol. The summed E-state index contributed by atoms with van der Waals surface area (Å²) in [4.78, 5) is 5.27. The maximum absolute atomic E-state index is 9.60. The molecule has 3 aromatic rings. The van der Waals surface area contributed by atoms with Gasteiger partial charge in [-0.25, -0.2) is 0 Å². The van der Waals surface area contributed by atoms with Gasteiger partial charge in [0.1, 0.15) is 6.07 Å². The summed E-state index contributed by atoms with van der Waals surface area (Å²) in [5.74, 6) is 0. The first-order valence-electron chi connectivity index (χ1n) is 7.13. The van der Waals surface area contributed by atoms with E-state index >= 15 is 0 Å². The number of hydrogen-bond donors (Lipinski definition) is 0. The average molecular weight is 318 g/mol. The van der Waals surface area contributed by atoms with Gasteiger partial charge in [-0.2, -0.15) is 10.5 Å². The van der Waals surface area contributed by atoms with Crippen molar-refractivity contribution in [1.29, 1.82) is 10.5 Å². The molecule has 2 aromatic heterocycles. The molecule has 0 N–H and O–H groups in total. The summed E-state index contributed by atoms with van der Waals surface area (Å²) in [6.07, 6.45) is 1.86. The van der Waals surface area contributed by atoms with Gasteiger partial charge in [0.25, 0.3) is 0 Å². The van der Waals surface area contributed by atoms with Crippen LogP contribution in [0.3, 0.4) is 0 Å².